The van der Waals surface area contributed by atoms with E-state index in [0.29, 0.717) is 3.57 Å². The number of hydrogen-bond acceptors (Lipinski definition) is 1. The van der Waals surface area contributed by atoms with Crippen LogP contribution in [0.15, 0.2) is 24.3 Å². The first-order valence-electron chi connectivity index (χ1n) is 4.52. The smallest absolute Gasteiger partial charge is 0.388 e. The first-order valence-corrected chi connectivity index (χ1v) is 5.60. The van der Waals surface area contributed by atoms with Gasteiger partial charge >= 0.3 is 12.1 Å². The molecule has 1 rings (SSSR count). The van der Waals surface area contributed by atoms with Crippen LogP contribution < -0.4 is 0 Å². The summed E-state index contributed by atoms with van der Waals surface area (Å²) in [5.74, 6) is -4.90. The topological polar surface area (TPSA) is 20.2 Å². The van der Waals surface area contributed by atoms with Crippen LogP contribution in [0.2, 0.25) is 0 Å². The lowest BCUT2D eigenvalue weighted by molar-refractivity contribution is -0.290. The predicted molar refractivity (Wildman–Crippen MR) is 59.7 cm³/mol. The zero-order valence-corrected chi connectivity index (χ0v) is 10.5. The fourth-order valence-electron chi connectivity index (χ4n) is 1.21. The molecule has 0 saturated heterocycles. The van der Waals surface area contributed by atoms with Crippen molar-refractivity contribution >= 4 is 22.6 Å². The largest absolute Gasteiger partial charge is 0.453 e. The second-order valence-corrected chi connectivity index (χ2v) is 4.61. The molecule has 0 fully saturated rings. The Morgan fingerprint density at radius 3 is 2.12 bits per heavy atom. The summed E-state index contributed by atoms with van der Waals surface area (Å²) in [6.45, 7) is 0. The highest BCUT2D eigenvalue weighted by atomic mass is 127. The summed E-state index contributed by atoms with van der Waals surface area (Å²) in [5.41, 5.74) is 0.0667. The standard InChI is InChI=1S/C10H8F5IO/c11-9(12,10(13,14)15)5-8(17)6-3-1-2-4-7(6)16/h1-4,8,17H,5H2. The normalized spacial score (nSPS) is 14.8. The molecule has 0 radical (unpaired) electrons. The van der Waals surface area contributed by atoms with Crippen LogP contribution in [0.25, 0.3) is 0 Å². The van der Waals surface area contributed by atoms with Crippen molar-refractivity contribution in [1.82, 2.24) is 0 Å². The second-order valence-electron chi connectivity index (χ2n) is 3.44. The molecule has 1 N–H and O–H groups in total. The zero-order valence-electron chi connectivity index (χ0n) is 8.31. The molecule has 0 aromatic heterocycles. The van der Waals surface area contributed by atoms with E-state index in [-0.39, 0.29) is 5.56 Å². The van der Waals surface area contributed by atoms with E-state index in [9.17, 15) is 27.1 Å². The third-order valence-electron chi connectivity index (χ3n) is 2.13. The van der Waals surface area contributed by atoms with Crippen LogP contribution in [-0.4, -0.2) is 17.2 Å². The van der Waals surface area contributed by atoms with Gasteiger partial charge in [-0.05, 0) is 34.2 Å². The molecule has 1 unspecified atom stereocenters. The maximum Gasteiger partial charge on any atom is 0.453 e. The van der Waals surface area contributed by atoms with Gasteiger partial charge in [-0.25, -0.2) is 0 Å². The van der Waals surface area contributed by atoms with Crippen LogP contribution in [0.4, 0.5) is 22.0 Å². The van der Waals surface area contributed by atoms with Crippen molar-refractivity contribution in [3.05, 3.63) is 33.4 Å². The number of aliphatic hydroxyl groups is 1. The number of rotatable bonds is 3. The van der Waals surface area contributed by atoms with E-state index in [1.54, 1.807) is 28.7 Å². The first kappa shape index (κ1) is 14.6. The molecule has 17 heavy (non-hydrogen) atoms. The van der Waals surface area contributed by atoms with Crippen molar-refractivity contribution in [3.8, 4) is 0 Å². The van der Waals surface area contributed by atoms with Crippen LogP contribution in [0.3, 0.4) is 0 Å². The molecule has 0 aliphatic heterocycles. The molecule has 0 aliphatic carbocycles. The summed E-state index contributed by atoms with van der Waals surface area (Å²) in [7, 11) is 0. The van der Waals surface area contributed by atoms with E-state index in [1.165, 1.54) is 18.2 Å². The lowest BCUT2D eigenvalue weighted by Gasteiger charge is -2.22. The molecule has 0 heterocycles. The molecule has 0 spiro atoms. The van der Waals surface area contributed by atoms with E-state index in [1.807, 2.05) is 0 Å². The highest BCUT2D eigenvalue weighted by Crippen LogP contribution is 2.42. The zero-order chi connectivity index (χ0) is 13.3. The number of benzene rings is 1. The van der Waals surface area contributed by atoms with Crippen LogP contribution in [-0.2, 0) is 0 Å². The van der Waals surface area contributed by atoms with Gasteiger partial charge in [-0.3, -0.25) is 0 Å². The van der Waals surface area contributed by atoms with E-state index in [4.69, 9.17) is 0 Å². The van der Waals surface area contributed by atoms with Gasteiger partial charge in [-0.15, -0.1) is 0 Å². The Kier molecular flexibility index (Phi) is 4.34. The maximum atomic E-state index is 12.7. The molecule has 0 aliphatic rings. The predicted octanol–water partition coefficient (Wildman–Crippen LogP) is 3.91. The summed E-state index contributed by atoms with van der Waals surface area (Å²) < 4.78 is 61.7. The molecule has 1 aromatic carbocycles. The molecule has 1 atom stereocenters. The summed E-state index contributed by atoms with van der Waals surface area (Å²) in [6, 6.07) is 5.90. The minimum absolute atomic E-state index is 0.0667. The Bertz CT molecular complexity index is 391. The molecule has 0 saturated carbocycles. The van der Waals surface area contributed by atoms with Gasteiger partial charge in [0.25, 0.3) is 0 Å². The van der Waals surface area contributed by atoms with Crippen molar-refractivity contribution in [3.63, 3.8) is 0 Å². The van der Waals surface area contributed by atoms with Crippen LogP contribution in [0.1, 0.15) is 18.1 Å². The minimum atomic E-state index is -5.64. The van der Waals surface area contributed by atoms with Crippen molar-refractivity contribution in [2.45, 2.75) is 24.6 Å². The van der Waals surface area contributed by atoms with Crippen molar-refractivity contribution in [2.24, 2.45) is 0 Å². The number of aliphatic hydroxyl groups excluding tert-OH is 1. The van der Waals surface area contributed by atoms with Crippen LogP contribution in [0, 0.1) is 3.57 Å². The minimum Gasteiger partial charge on any atom is -0.388 e. The Labute approximate surface area is 108 Å². The molecule has 1 aromatic rings. The van der Waals surface area contributed by atoms with E-state index in [2.05, 4.69) is 0 Å². The molecule has 0 amide bonds. The van der Waals surface area contributed by atoms with Gasteiger partial charge in [0, 0.05) is 3.57 Å². The van der Waals surface area contributed by atoms with Gasteiger partial charge in [0.15, 0.2) is 0 Å². The quantitative estimate of drug-likeness (QED) is 0.636. The van der Waals surface area contributed by atoms with Gasteiger partial charge in [-0.1, -0.05) is 18.2 Å². The second kappa shape index (κ2) is 5.05. The molecular formula is C10H8F5IO. The van der Waals surface area contributed by atoms with Gasteiger partial charge in [0.1, 0.15) is 0 Å². The summed E-state index contributed by atoms with van der Waals surface area (Å²) in [4.78, 5) is 0. The molecule has 0 bridgehead atoms. The highest BCUT2D eigenvalue weighted by Gasteiger charge is 2.58. The lowest BCUT2D eigenvalue weighted by Crippen LogP contribution is -2.37. The fraction of sp³-hybridized carbons (Fsp3) is 0.400. The Morgan fingerprint density at radius 2 is 1.65 bits per heavy atom. The Morgan fingerprint density at radius 1 is 1.12 bits per heavy atom. The summed E-state index contributed by atoms with van der Waals surface area (Å²) in [6.07, 6.45) is -9.16. The first-order chi connectivity index (χ1) is 7.65. The third kappa shape index (κ3) is 3.51. The molecule has 96 valence electrons. The van der Waals surface area contributed by atoms with E-state index < -0.39 is 24.6 Å². The molecule has 7 heteroatoms. The Hall–Kier alpha value is -0.440. The Balaban J connectivity index is 2.87. The third-order valence-corrected chi connectivity index (χ3v) is 3.11. The van der Waals surface area contributed by atoms with Crippen LogP contribution in [0.5, 0.6) is 0 Å². The monoisotopic (exact) mass is 366 g/mol. The molecule has 1 nitrogen and oxygen atoms in total. The van der Waals surface area contributed by atoms with Crippen molar-refractivity contribution in [1.29, 1.82) is 0 Å². The lowest BCUT2D eigenvalue weighted by atomic mass is 10.0. The molecular weight excluding hydrogens is 358 g/mol. The van der Waals surface area contributed by atoms with Gasteiger partial charge in [0.05, 0.1) is 12.5 Å². The van der Waals surface area contributed by atoms with Gasteiger partial charge < -0.3 is 5.11 Å². The van der Waals surface area contributed by atoms with E-state index in [0.717, 1.165) is 0 Å². The highest BCUT2D eigenvalue weighted by molar-refractivity contribution is 14.1. The number of alkyl halides is 5. The maximum absolute atomic E-state index is 12.7. The van der Waals surface area contributed by atoms with Gasteiger partial charge in [0.2, 0.25) is 0 Å². The van der Waals surface area contributed by atoms with Crippen molar-refractivity contribution in [2.75, 3.05) is 0 Å². The average molecular weight is 366 g/mol. The van der Waals surface area contributed by atoms with Crippen LogP contribution >= 0.6 is 22.6 Å². The van der Waals surface area contributed by atoms with Gasteiger partial charge in [-0.2, -0.15) is 22.0 Å². The summed E-state index contributed by atoms with van der Waals surface area (Å²) in [5, 5.41) is 9.42. The number of hydrogen-bond donors (Lipinski definition) is 1. The van der Waals surface area contributed by atoms with E-state index >= 15 is 0 Å². The summed E-state index contributed by atoms with van der Waals surface area (Å²) >= 11 is 1.76. The fourth-order valence-corrected chi connectivity index (χ4v) is 1.96. The SMILES string of the molecule is OC(CC(F)(F)C(F)(F)F)c1ccccc1I. The number of halogens is 6. The van der Waals surface area contributed by atoms with Crippen molar-refractivity contribution < 1.29 is 27.1 Å². The average Bonchev–Trinajstić information content (AvgIpc) is 2.15.